The van der Waals surface area contributed by atoms with Crippen LogP contribution in [0.3, 0.4) is 0 Å². The molecule has 0 spiro atoms. The largest absolute Gasteiger partial charge is 0.492 e. The molecule has 2 aromatic carbocycles. The zero-order valence-corrected chi connectivity index (χ0v) is 21.7. The minimum absolute atomic E-state index is 0.0968. The molecular weight excluding hydrogens is 514 g/mol. The number of rotatable bonds is 9. The summed E-state index contributed by atoms with van der Waals surface area (Å²) in [6.07, 6.45) is 0.692. The van der Waals surface area contributed by atoms with Crippen molar-refractivity contribution in [1.82, 2.24) is 10.0 Å². The normalized spacial score (nSPS) is 12.3. The Morgan fingerprint density at radius 3 is 2.34 bits per heavy atom. The van der Waals surface area contributed by atoms with Gasteiger partial charge in [-0.2, -0.15) is 0 Å². The summed E-state index contributed by atoms with van der Waals surface area (Å²) in [6.45, 7) is 8.40. The van der Waals surface area contributed by atoms with E-state index in [1.165, 1.54) is 12.1 Å². The fourth-order valence-electron chi connectivity index (χ4n) is 2.49. The molecule has 0 fully saturated rings. The van der Waals surface area contributed by atoms with Crippen LogP contribution in [0.25, 0.3) is 0 Å². The molecule has 0 saturated carbocycles. The van der Waals surface area contributed by atoms with E-state index in [4.69, 9.17) is 17.0 Å². The predicted octanol–water partition coefficient (Wildman–Crippen LogP) is 4.69. The van der Waals surface area contributed by atoms with Crippen molar-refractivity contribution in [1.29, 1.82) is 0 Å². The number of nitrogens with one attached hydrogen (secondary N) is 3. The first kappa shape index (κ1) is 26.2. The van der Waals surface area contributed by atoms with Crippen molar-refractivity contribution >= 4 is 54.9 Å². The topological polar surface area (TPSA) is 96.5 Å². The van der Waals surface area contributed by atoms with E-state index in [0.717, 1.165) is 0 Å². The van der Waals surface area contributed by atoms with E-state index in [-0.39, 0.29) is 22.0 Å². The monoisotopic (exact) mass is 541 g/mol. The van der Waals surface area contributed by atoms with Gasteiger partial charge in [-0.05, 0) is 89.9 Å². The number of benzene rings is 2. The molecule has 32 heavy (non-hydrogen) atoms. The lowest BCUT2D eigenvalue weighted by atomic mass is 10.2. The number of hydrogen-bond acceptors (Lipinski definition) is 5. The number of carbonyl (C=O) groups excluding carboxylic acids is 1. The van der Waals surface area contributed by atoms with Crippen LogP contribution in [0.15, 0.2) is 51.8 Å². The Labute approximate surface area is 203 Å². The molecule has 1 amide bonds. The van der Waals surface area contributed by atoms with Crippen molar-refractivity contribution in [3.8, 4) is 5.75 Å². The Bertz CT molecular complexity index is 1060. The van der Waals surface area contributed by atoms with Gasteiger partial charge in [-0.15, -0.1) is 0 Å². The molecule has 0 aliphatic carbocycles. The summed E-state index contributed by atoms with van der Waals surface area (Å²) in [7, 11) is -3.58. The SMILES string of the molecule is CCC(C)NS(=O)(=O)c1ccc(NC(=S)NC(=O)c2ccc(OCC(C)C)c(Br)c2)cc1. The van der Waals surface area contributed by atoms with Crippen molar-refractivity contribution < 1.29 is 17.9 Å². The number of ether oxygens (including phenoxy) is 1. The summed E-state index contributed by atoms with van der Waals surface area (Å²) in [5.74, 6) is 0.669. The maximum Gasteiger partial charge on any atom is 0.257 e. The zero-order chi connectivity index (χ0) is 23.9. The second kappa shape index (κ2) is 11.7. The van der Waals surface area contributed by atoms with Crippen LogP contribution in [0, 0.1) is 5.92 Å². The van der Waals surface area contributed by atoms with Gasteiger partial charge in [-0.1, -0.05) is 20.8 Å². The third-order valence-corrected chi connectivity index (χ3v) is 6.81. The molecule has 0 aliphatic rings. The summed E-state index contributed by atoms with van der Waals surface area (Å²) in [5.41, 5.74) is 0.965. The van der Waals surface area contributed by atoms with Gasteiger partial charge in [0.2, 0.25) is 10.0 Å². The van der Waals surface area contributed by atoms with Gasteiger partial charge in [-0.3, -0.25) is 10.1 Å². The molecule has 1 unspecified atom stereocenters. The zero-order valence-electron chi connectivity index (χ0n) is 18.4. The fraction of sp³-hybridized carbons (Fsp3) is 0.364. The molecule has 10 heteroatoms. The number of anilines is 1. The van der Waals surface area contributed by atoms with Crippen LogP contribution in [0.5, 0.6) is 5.75 Å². The average molecular weight is 543 g/mol. The molecule has 0 aliphatic heterocycles. The molecule has 2 rings (SSSR count). The third-order valence-electron chi connectivity index (χ3n) is 4.38. The molecule has 1 atom stereocenters. The third kappa shape index (κ3) is 7.84. The molecule has 174 valence electrons. The Kier molecular flexibility index (Phi) is 9.63. The van der Waals surface area contributed by atoms with Gasteiger partial charge in [0.15, 0.2) is 5.11 Å². The first-order valence-corrected chi connectivity index (χ1v) is 12.9. The van der Waals surface area contributed by atoms with Crippen LogP contribution in [-0.2, 0) is 10.0 Å². The smallest absolute Gasteiger partial charge is 0.257 e. The summed E-state index contributed by atoms with van der Waals surface area (Å²) >= 11 is 8.63. The molecule has 2 aromatic rings. The van der Waals surface area contributed by atoms with Crippen LogP contribution in [0.4, 0.5) is 5.69 Å². The summed E-state index contributed by atoms with van der Waals surface area (Å²) < 4.78 is 33.6. The van der Waals surface area contributed by atoms with Crippen LogP contribution < -0.4 is 20.1 Å². The summed E-state index contributed by atoms with van der Waals surface area (Å²) in [4.78, 5) is 12.7. The lowest BCUT2D eigenvalue weighted by Gasteiger charge is -2.14. The van der Waals surface area contributed by atoms with E-state index < -0.39 is 10.0 Å². The first-order chi connectivity index (χ1) is 15.0. The van der Waals surface area contributed by atoms with Gasteiger partial charge in [-0.25, -0.2) is 13.1 Å². The molecule has 0 saturated heterocycles. The van der Waals surface area contributed by atoms with Crippen LogP contribution in [0.1, 0.15) is 44.5 Å². The second-order valence-corrected chi connectivity index (χ2v) is 10.7. The van der Waals surface area contributed by atoms with Gasteiger partial charge >= 0.3 is 0 Å². The highest BCUT2D eigenvalue weighted by atomic mass is 79.9. The van der Waals surface area contributed by atoms with E-state index >= 15 is 0 Å². The van der Waals surface area contributed by atoms with Crippen molar-refractivity contribution in [2.75, 3.05) is 11.9 Å². The van der Waals surface area contributed by atoms with Gasteiger partial charge in [0, 0.05) is 17.3 Å². The molecule has 0 aromatic heterocycles. The number of halogens is 1. The Hall–Kier alpha value is -2.01. The molecule has 0 heterocycles. The molecule has 3 N–H and O–H groups in total. The van der Waals surface area contributed by atoms with Gasteiger partial charge in [0.05, 0.1) is 16.0 Å². The van der Waals surface area contributed by atoms with Crippen LogP contribution in [0.2, 0.25) is 0 Å². The highest BCUT2D eigenvalue weighted by Gasteiger charge is 2.16. The predicted molar refractivity (Wildman–Crippen MR) is 135 cm³/mol. The standard InChI is InChI=1S/C22H28BrN3O4S2/c1-5-15(4)26-32(28,29)18-9-7-17(8-10-18)24-22(31)25-21(27)16-6-11-20(19(23)12-16)30-13-14(2)3/h6-12,14-15,26H,5,13H2,1-4H3,(H2,24,25,27,31). The highest BCUT2D eigenvalue weighted by Crippen LogP contribution is 2.26. The summed E-state index contributed by atoms with van der Waals surface area (Å²) in [6, 6.07) is 11.0. The minimum Gasteiger partial charge on any atom is -0.492 e. The van der Waals surface area contributed by atoms with Crippen molar-refractivity contribution in [3.63, 3.8) is 0 Å². The molecule has 0 radical (unpaired) electrons. The average Bonchev–Trinajstić information content (AvgIpc) is 2.72. The van der Waals surface area contributed by atoms with E-state index in [1.807, 2.05) is 6.92 Å². The van der Waals surface area contributed by atoms with Crippen LogP contribution >= 0.6 is 28.1 Å². The van der Waals surface area contributed by atoms with E-state index in [0.29, 0.717) is 40.4 Å². The van der Waals surface area contributed by atoms with Crippen molar-refractivity contribution in [3.05, 3.63) is 52.5 Å². The second-order valence-electron chi connectivity index (χ2n) is 7.71. The highest BCUT2D eigenvalue weighted by molar-refractivity contribution is 9.10. The molecule has 7 nitrogen and oxygen atoms in total. The van der Waals surface area contributed by atoms with Crippen molar-refractivity contribution in [2.24, 2.45) is 5.92 Å². The Morgan fingerprint density at radius 1 is 1.12 bits per heavy atom. The lowest BCUT2D eigenvalue weighted by Crippen LogP contribution is -2.34. The number of thiocarbonyl (C=S) groups is 1. The Balaban J connectivity index is 1.97. The molecular formula is C22H28BrN3O4S2. The van der Waals surface area contributed by atoms with E-state index in [2.05, 4.69) is 45.1 Å². The molecule has 0 bridgehead atoms. The fourth-order valence-corrected chi connectivity index (χ4v) is 4.52. The summed E-state index contributed by atoms with van der Waals surface area (Å²) in [5, 5.41) is 5.59. The van der Waals surface area contributed by atoms with E-state index in [1.54, 1.807) is 37.3 Å². The van der Waals surface area contributed by atoms with Crippen molar-refractivity contribution in [2.45, 2.75) is 45.1 Å². The number of amides is 1. The number of sulfonamides is 1. The quantitative estimate of drug-likeness (QED) is 0.398. The first-order valence-electron chi connectivity index (χ1n) is 10.2. The lowest BCUT2D eigenvalue weighted by molar-refractivity contribution is 0.0977. The number of hydrogen-bond donors (Lipinski definition) is 3. The van der Waals surface area contributed by atoms with Gasteiger partial charge in [0.25, 0.3) is 5.91 Å². The minimum atomic E-state index is -3.58. The maximum atomic E-state index is 12.5. The maximum absolute atomic E-state index is 12.5. The Morgan fingerprint density at radius 2 is 1.78 bits per heavy atom. The number of carbonyl (C=O) groups is 1. The van der Waals surface area contributed by atoms with Crippen LogP contribution in [-0.4, -0.2) is 32.1 Å². The van der Waals surface area contributed by atoms with Gasteiger partial charge < -0.3 is 10.1 Å². The van der Waals surface area contributed by atoms with Gasteiger partial charge in [0.1, 0.15) is 5.75 Å². The van der Waals surface area contributed by atoms with E-state index in [9.17, 15) is 13.2 Å².